The summed E-state index contributed by atoms with van der Waals surface area (Å²) >= 11 is 4.77. The van der Waals surface area contributed by atoms with Gasteiger partial charge >= 0.3 is 11.9 Å². The minimum atomic E-state index is -1.02. The highest BCUT2D eigenvalue weighted by molar-refractivity contribution is 9.10. The van der Waals surface area contributed by atoms with Gasteiger partial charge in [0, 0.05) is 34.8 Å². The Hall–Kier alpha value is -2.67. The molecule has 0 saturated carbocycles. The molecule has 1 unspecified atom stereocenters. The molecule has 2 aromatic rings. The highest BCUT2D eigenvalue weighted by Gasteiger charge is 2.40. The van der Waals surface area contributed by atoms with Crippen molar-refractivity contribution in [3.63, 3.8) is 0 Å². The lowest BCUT2D eigenvalue weighted by atomic mass is 9.94. The van der Waals surface area contributed by atoms with Crippen LogP contribution in [0.15, 0.2) is 50.5 Å². The number of ether oxygens (including phenoxy) is 2. The summed E-state index contributed by atoms with van der Waals surface area (Å²) in [6.07, 6.45) is 1.64. The second-order valence-corrected chi connectivity index (χ2v) is 10.7. The molecule has 0 aliphatic carbocycles. The summed E-state index contributed by atoms with van der Waals surface area (Å²) in [7, 11) is 0. The van der Waals surface area contributed by atoms with Crippen molar-refractivity contribution in [2.24, 2.45) is 4.99 Å². The molecule has 2 N–H and O–H groups in total. The maximum atomic E-state index is 13.9. The summed E-state index contributed by atoms with van der Waals surface area (Å²) in [5.41, 5.74) is 0.637. The van der Waals surface area contributed by atoms with E-state index in [-0.39, 0.29) is 25.3 Å². The fourth-order valence-electron chi connectivity index (χ4n) is 4.22. The Morgan fingerprint density at radius 3 is 2.83 bits per heavy atom. The molecule has 0 spiro atoms. The predicted molar refractivity (Wildman–Crippen MR) is 135 cm³/mol. The number of benzene rings is 1. The summed E-state index contributed by atoms with van der Waals surface area (Å²) in [6.45, 7) is 6.02. The average Bonchev–Trinajstić information content (AvgIpc) is 3.33. The minimum Gasteiger partial charge on any atom is -0.480 e. The maximum Gasteiger partial charge on any atom is 0.338 e. The lowest BCUT2D eigenvalue weighted by molar-refractivity contribution is -0.161. The summed E-state index contributed by atoms with van der Waals surface area (Å²) in [6, 6.07) is 2.42. The van der Waals surface area contributed by atoms with Gasteiger partial charge in [0.2, 0.25) is 0 Å². The molecular weight excluding hydrogens is 555 g/mol. The van der Waals surface area contributed by atoms with Crippen LogP contribution in [0.4, 0.5) is 4.39 Å². The molecule has 0 radical (unpaired) electrons. The Balaban J connectivity index is 1.85. The van der Waals surface area contributed by atoms with Crippen molar-refractivity contribution >= 4 is 45.0 Å². The van der Waals surface area contributed by atoms with Crippen LogP contribution in [-0.2, 0) is 19.1 Å². The van der Waals surface area contributed by atoms with Crippen LogP contribution in [0.25, 0.3) is 0 Å². The number of aliphatic carboxylic acids is 1. The Morgan fingerprint density at radius 1 is 1.42 bits per heavy atom. The Morgan fingerprint density at radius 2 is 2.19 bits per heavy atom. The number of nitrogens with zero attached hydrogens (tertiary/aromatic N) is 3. The number of aromatic nitrogens is 1. The van der Waals surface area contributed by atoms with E-state index in [1.54, 1.807) is 29.5 Å². The van der Waals surface area contributed by atoms with Crippen LogP contribution in [0.3, 0.4) is 0 Å². The highest BCUT2D eigenvalue weighted by Crippen LogP contribution is 2.37. The number of halogens is 2. The lowest BCUT2D eigenvalue weighted by Crippen LogP contribution is -2.58. The van der Waals surface area contributed by atoms with E-state index in [0.717, 1.165) is 0 Å². The standard InChI is InChI=1S/C24H26BrFN4O5S/c1-4-34-23(33)18-16(10-30-12-24(2,3)35-11-17(30)22(31)32)28-20(21-27-7-8-36-21)29-19(18)14-6-5-13(26)9-15(14)25/h5-9,17,19H,4,10-12H2,1-3H3,(H,28,29)(H,31,32)/t17-,19?/m0/s1. The summed E-state index contributed by atoms with van der Waals surface area (Å²) in [5, 5.41) is 15.5. The van der Waals surface area contributed by atoms with E-state index in [4.69, 9.17) is 14.5 Å². The number of aliphatic imine (C=N–C) groups is 1. The van der Waals surface area contributed by atoms with Gasteiger partial charge in [-0.15, -0.1) is 11.3 Å². The van der Waals surface area contributed by atoms with E-state index < -0.39 is 35.4 Å². The number of carboxylic acids is 1. The molecule has 2 aliphatic rings. The molecule has 1 aromatic heterocycles. The molecular formula is C24H26BrFN4O5S. The molecule has 0 bridgehead atoms. The van der Waals surface area contributed by atoms with Gasteiger partial charge in [-0.3, -0.25) is 14.7 Å². The van der Waals surface area contributed by atoms with Crippen molar-refractivity contribution in [3.8, 4) is 0 Å². The third kappa shape index (κ3) is 5.66. The SMILES string of the molecule is CCOC(=O)C1=C(CN2CC(C)(C)OC[C@H]2C(=O)O)NC(c2nccs2)=NC1c1ccc(F)cc1Br. The van der Waals surface area contributed by atoms with Gasteiger partial charge in [0.1, 0.15) is 17.9 Å². The first-order valence-corrected chi connectivity index (χ1v) is 13.0. The number of nitrogens with one attached hydrogen (secondary N) is 1. The first-order chi connectivity index (χ1) is 17.1. The van der Waals surface area contributed by atoms with Gasteiger partial charge in [-0.2, -0.15) is 0 Å². The number of esters is 1. The molecule has 3 heterocycles. The van der Waals surface area contributed by atoms with Gasteiger partial charge in [-0.1, -0.05) is 22.0 Å². The van der Waals surface area contributed by atoms with Gasteiger partial charge in [0.05, 0.1) is 24.4 Å². The van der Waals surface area contributed by atoms with Gasteiger partial charge in [0.25, 0.3) is 0 Å². The summed E-state index contributed by atoms with van der Waals surface area (Å²) in [4.78, 5) is 36.2. The Labute approximate surface area is 220 Å². The topological polar surface area (TPSA) is 113 Å². The smallest absolute Gasteiger partial charge is 0.338 e. The van der Waals surface area contributed by atoms with Gasteiger partial charge in [0.15, 0.2) is 10.8 Å². The van der Waals surface area contributed by atoms with Crippen molar-refractivity contribution in [1.29, 1.82) is 0 Å². The fourth-order valence-corrected chi connectivity index (χ4v) is 5.37. The molecule has 36 heavy (non-hydrogen) atoms. The molecule has 1 fully saturated rings. The number of hydrogen-bond donors (Lipinski definition) is 2. The zero-order valence-electron chi connectivity index (χ0n) is 20.0. The van der Waals surface area contributed by atoms with Gasteiger partial charge in [-0.25, -0.2) is 14.2 Å². The molecule has 2 atom stereocenters. The van der Waals surface area contributed by atoms with E-state index in [1.807, 2.05) is 13.8 Å². The number of carboxylic acid groups (broad SMARTS) is 1. The van der Waals surface area contributed by atoms with E-state index >= 15 is 0 Å². The van der Waals surface area contributed by atoms with Crippen LogP contribution in [0.5, 0.6) is 0 Å². The third-order valence-electron chi connectivity index (χ3n) is 5.82. The lowest BCUT2D eigenvalue weighted by Gasteiger charge is -2.42. The molecule has 9 nitrogen and oxygen atoms in total. The van der Waals surface area contributed by atoms with Crippen molar-refractivity contribution < 1.29 is 28.6 Å². The zero-order valence-corrected chi connectivity index (χ0v) is 22.4. The van der Waals surface area contributed by atoms with Crippen molar-refractivity contribution in [2.45, 2.75) is 38.5 Å². The van der Waals surface area contributed by atoms with E-state index in [1.165, 1.54) is 23.5 Å². The summed E-state index contributed by atoms with van der Waals surface area (Å²) < 4.78 is 25.5. The number of carbonyl (C=O) groups is 2. The van der Waals surface area contributed by atoms with Crippen LogP contribution >= 0.6 is 27.3 Å². The van der Waals surface area contributed by atoms with Crippen LogP contribution in [0.2, 0.25) is 0 Å². The second-order valence-electron chi connectivity index (χ2n) is 8.95. The van der Waals surface area contributed by atoms with Crippen LogP contribution in [-0.4, -0.2) is 70.7 Å². The van der Waals surface area contributed by atoms with Gasteiger partial charge < -0.3 is 19.9 Å². The second kappa shape index (κ2) is 10.8. The monoisotopic (exact) mass is 580 g/mol. The number of carbonyl (C=O) groups excluding carboxylic acids is 1. The van der Waals surface area contributed by atoms with E-state index in [0.29, 0.717) is 33.1 Å². The Kier molecular flexibility index (Phi) is 7.88. The third-order valence-corrected chi connectivity index (χ3v) is 7.28. The fraction of sp³-hybridized carbons (Fsp3) is 0.417. The summed E-state index contributed by atoms with van der Waals surface area (Å²) in [5.74, 6) is -1.63. The molecule has 1 saturated heterocycles. The molecule has 192 valence electrons. The number of amidine groups is 1. The predicted octanol–water partition coefficient (Wildman–Crippen LogP) is 3.52. The van der Waals surface area contributed by atoms with Crippen LogP contribution < -0.4 is 5.32 Å². The molecule has 0 amide bonds. The number of hydrogen-bond acceptors (Lipinski definition) is 9. The number of morpholine rings is 1. The zero-order chi connectivity index (χ0) is 26.0. The largest absolute Gasteiger partial charge is 0.480 e. The normalized spacial score (nSPS) is 22.1. The molecule has 1 aromatic carbocycles. The van der Waals surface area contributed by atoms with Crippen molar-refractivity contribution in [1.82, 2.24) is 15.2 Å². The maximum absolute atomic E-state index is 13.9. The van der Waals surface area contributed by atoms with Gasteiger partial charge in [-0.05, 0) is 38.5 Å². The minimum absolute atomic E-state index is 0.00468. The molecule has 4 rings (SSSR count). The number of rotatable bonds is 7. The van der Waals surface area contributed by atoms with E-state index in [2.05, 4.69) is 26.2 Å². The van der Waals surface area contributed by atoms with Crippen LogP contribution in [0.1, 0.15) is 37.4 Å². The van der Waals surface area contributed by atoms with Crippen molar-refractivity contribution in [3.05, 3.63) is 61.9 Å². The first-order valence-electron chi connectivity index (χ1n) is 11.3. The van der Waals surface area contributed by atoms with E-state index in [9.17, 15) is 19.1 Å². The first kappa shape index (κ1) is 26.4. The quantitative estimate of drug-likeness (QED) is 0.478. The highest BCUT2D eigenvalue weighted by atomic mass is 79.9. The number of thiazole rings is 1. The van der Waals surface area contributed by atoms with Crippen molar-refractivity contribution in [2.75, 3.05) is 26.3 Å². The molecule has 2 aliphatic heterocycles. The van der Waals surface area contributed by atoms with Crippen LogP contribution in [0, 0.1) is 5.82 Å². The molecule has 12 heteroatoms. The Bertz CT molecular complexity index is 1220. The average molecular weight is 581 g/mol.